The highest BCUT2D eigenvalue weighted by atomic mass is 15.1. The van der Waals surface area contributed by atoms with Crippen molar-refractivity contribution in [3.8, 4) is 6.07 Å². The topological polar surface area (TPSA) is 27.0 Å². The lowest BCUT2D eigenvalue weighted by atomic mass is 9.99. The summed E-state index contributed by atoms with van der Waals surface area (Å²) in [6, 6.07) is 8.59. The van der Waals surface area contributed by atoms with Gasteiger partial charge in [0.05, 0.1) is 12.0 Å². The Morgan fingerprint density at radius 1 is 1.31 bits per heavy atom. The molecule has 0 radical (unpaired) electrons. The molecular weight excluding hydrogens is 196 g/mol. The van der Waals surface area contributed by atoms with Crippen LogP contribution in [0.4, 0.5) is 5.69 Å². The minimum Gasteiger partial charge on any atom is -0.372 e. The molecule has 0 aliphatic rings. The number of anilines is 1. The summed E-state index contributed by atoms with van der Waals surface area (Å²) in [5.74, 6) is -0.0325. The van der Waals surface area contributed by atoms with Gasteiger partial charge in [-0.2, -0.15) is 5.26 Å². The third-order valence-corrected chi connectivity index (χ3v) is 3.03. The molecule has 0 fully saturated rings. The summed E-state index contributed by atoms with van der Waals surface area (Å²) in [6.45, 7) is 10.4. The normalized spacial score (nSPS) is 11.9. The first-order valence-corrected chi connectivity index (χ1v) is 5.89. The number of nitriles is 1. The quantitative estimate of drug-likeness (QED) is 0.770. The van der Waals surface area contributed by atoms with E-state index in [1.807, 2.05) is 6.92 Å². The second-order valence-electron chi connectivity index (χ2n) is 4.07. The van der Waals surface area contributed by atoms with Gasteiger partial charge in [0, 0.05) is 18.8 Å². The summed E-state index contributed by atoms with van der Waals surface area (Å²) in [5, 5.41) is 8.94. The van der Waals surface area contributed by atoms with Gasteiger partial charge in [0.25, 0.3) is 0 Å². The van der Waals surface area contributed by atoms with Gasteiger partial charge >= 0.3 is 0 Å². The zero-order chi connectivity index (χ0) is 12.1. The number of hydrogen-bond acceptors (Lipinski definition) is 2. The van der Waals surface area contributed by atoms with E-state index in [4.69, 9.17) is 5.26 Å². The molecule has 0 aliphatic heterocycles. The van der Waals surface area contributed by atoms with Gasteiger partial charge in [-0.3, -0.25) is 0 Å². The second kappa shape index (κ2) is 5.55. The molecule has 0 heterocycles. The first-order chi connectivity index (χ1) is 7.63. The Kier molecular flexibility index (Phi) is 4.37. The lowest BCUT2D eigenvalue weighted by Gasteiger charge is -2.24. The molecule has 0 N–H and O–H groups in total. The molecule has 1 rings (SSSR count). The van der Waals surface area contributed by atoms with E-state index < -0.39 is 0 Å². The van der Waals surface area contributed by atoms with Gasteiger partial charge in [-0.15, -0.1) is 0 Å². The summed E-state index contributed by atoms with van der Waals surface area (Å²) < 4.78 is 0. The van der Waals surface area contributed by atoms with Gasteiger partial charge in [0.2, 0.25) is 0 Å². The van der Waals surface area contributed by atoms with Crippen LogP contribution in [0.5, 0.6) is 0 Å². The number of aryl methyl sites for hydroxylation is 1. The molecule has 0 amide bonds. The summed E-state index contributed by atoms with van der Waals surface area (Å²) in [5.41, 5.74) is 3.64. The predicted molar refractivity (Wildman–Crippen MR) is 68.8 cm³/mol. The minimum atomic E-state index is -0.0325. The highest BCUT2D eigenvalue weighted by Crippen LogP contribution is 2.25. The van der Waals surface area contributed by atoms with Crippen LogP contribution in [0, 0.1) is 18.3 Å². The van der Waals surface area contributed by atoms with Gasteiger partial charge in [-0.05, 0) is 44.9 Å². The standard InChI is InChI=1S/C14H20N2/c1-5-16(6-2)14-9-13(12(4)10-15)8-7-11(14)3/h7-9,12H,5-6H2,1-4H3. The van der Waals surface area contributed by atoms with Crippen molar-refractivity contribution < 1.29 is 0 Å². The van der Waals surface area contributed by atoms with Crippen molar-refractivity contribution in [2.45, 2.75) is 33.6 Å². The monoisotopic (exact) mass is 216 g/mol. The number of hydrogen-bond donors (Lipinski definition) is 0. The number of benzene rings is 1. The van der Waals surface area contributed by atoms with Crippen LogP contribution in [0.25, 0.3) is 0 Å². The highest BCUT2D eigenvalue weighted by Gasteiger charge is 2.09. The smallest absolute Gasteiger partial charge is 0.0700 e. The fourth-order valence-corrected chi connectivity index (χ4v) is 1.88. The van der Waals surface area contributed by atoms with Crippen LogP contribution >= 0.6 is 0 Å². The maximum absolute atomic E-state index is 8.94. The van der Waals surface area contributed by atoms with E-state index in [0.29, 0.717) is 0 Å². The Morgan fingerprint density at radius 2 is 1.94 bits per heavy atom. The van der Waals surface area contributed by atoms with Crippen molar-refractivity contribution in [1.29, 1.82) is 5.26 Å². The van der Waals surface area contributed by atoms with Crippen LogP contribution in [0.15, 0.2) is 18.2 Å². The number of rotatable bonds is 4. The average molecular weight is 216 g/mol. The minimum absolute atomic E-state index is 0.0325. The Labute approximate surface area is 98.5 Å². The first-order valence-electron chi connectivity index (χ1n) is 5.89. The zero-order valence-corrected chi connectivity index (χ0v) is 10.6. The molecule has 2 nitrogen and oxygen atoms in total. The second-order valence-corrected chi connectivity index (χ2v) is 4.07. The van der Waals surface area contributed by atoms with Crippen molar-refractivity contribution in [1.82, 2.24) is 0 Å². The lowest BCUT2D eigenvalue weighted by molar-refractivity contribution is 0.857. The molecule has 1 atom stereocenters. The predicted octanol–water partition coefficient (Wildman–Crippen LogP) is 3.47. The van der Waals surface area contributed by atoms with E-state index >= 15 is 0 Å². The molecule has 0 aromatic heterocycles. The molecule has 0 saturated heterocycles. The average Bonchev–Trinajstić information content (AvgIpc) is 2.32. The largest absolute Gasteiger partial charge is 0.372 e. The van der Waals surface area contributed by atoms with E-state index in [0.717, 1.165) is 18.7 Å². The van der Waals surface area contributed by atoms with Crippen molar-refractivity contribution >= 4 is 5.69 Å². The summed E-state index contributed by atoms with van der Waals surface area (Å²) in [4.78, 5) is 2.32. The summed E-state index contributed by atoms with van der Waals surface area (Å²) in [6.07, 6.45) is 0. The van der Waals surface area contributed by atoms with Crippen LogP contribution < -0.4 is 4.90 Å². The molecule has 2 heteroatoms. The maximum Gasteiger partial charge on any atom is 0.0700 e. The molecule has 0 aliphatic carbocycles. The third-order valence-electron chi connectivity index (χ3n) is 3.03. The molecule has 1 aromatic carbocycles. The fourth-order valence-electron chi connectivity index (χ4n) is 1.88. The van der Waals surface area contributed by atoms with Crippen LogP contribution in [-0.2, 0) is 0 Å². The Bertz CT molecular complexity index is 386. The summed E-state index contributed by atoms with van der Waals surface area (Å²) >= 11 is 0. The van der Waals surface area contributed by atoms with Crippen molar-refractivity contribution in [2.24, 2.45) is 0 Å². The van der Waals surface area contributed by atoms with Crippen LogP contribution in [0.3, 0.4) is 0 Å². The highest BCUT2D eigenvalue weighted by molar-refractivity contribution is 5.55. The van der Waals surface area contributed by atoms with Crippen molar-refractivity contribution in [3.63, 3.8) is 0 Å². The Balaban J connectivity index is 3.13. The van der Waals surface area contributed by atoms with Gasteiger partial charge in [0.15, 0.2) is 0 Å². The molecule has 86 valence electrons. The molecule has 0 saturated carbocycles. The molecule has 0 bridgehead atoms. The van der Waals surface area contributed by atoms with E-state index in [2.05, 4.69) is 49.9 Å². The fraction of sp³-hybridized carbons (Fsp3) is 0.500. The van der Waals surface area contributed by atoms with Crippen molar-refractivity contribution in [2.75, 3.05) is 18.0 Å². The van der Waals surface area contributed by atoms with E-state index in [-0.39, 0.29) is 5.92 Å². The van der Waals surface area contributed by atoms with Crippen LogP contribution in [0.2, 0.25) is 0 Å². The van der Waals surface area contributed by atoms with Gasteiger partial charge in [-0.1, -0.05) is 12.1 Å². The van der Waals surface area contributed by atoms with E-state index in [9.17, 15) is 0 Å². The van der Waals surface area contributed by atoms with E-state index in [1.165, 1.54) is 11.3 Å². The Hall–Kier alpha value is -1.49. The SMILES string of the molecule is CCN(CC)c1cc(C(C)C#N)ccc1C. The van der Waals surface area contributed by atoms with Gasteiger partial charge < -0.3 is 4.90 Å². The lowest BCUT2D eigenvalue weighted by Crippen LogP contribution is -2.22. The zero-order valence-electron chi connectivity index (χ0n) is 10.6. The number of nitrogens with zero attached hydrogens (tertiary/aromatic N) is 2. The van der Waals surface area contributed by atoms with E-state index in [1.54, 1.807) is 0 Å². The maximum atomic E-state index is 8.94. The van der Waals surface area contributed by atoms with Crippen molar-refractivity contribution in [3.05, 3.63) is 29.3 Å². The van der Waals surface area contributed by atoms with Gasteiger partial charge in [-0.25, -0.2) is 0 Å². The van der Waals surface area contributed by atoms with Gasteiger partial charge in [0.1, 0.15) is 0 Å². The van der Waals surface area contributed by atoms with Crippen LogP contribution in [0.1, 0.15) is 37.8 Å². The van der Waals surface area contributed by atoms with Crippen LogP contribution in [-0.4, -0.2) is 13.1 Å². The molecule has 1 aromatic rings. The first kappa shape index (κ1) is 12.6. The summed E-state index contributed by atoms with van der Waals surface area (Å²) in [7, 11) is 0. The third kappa shape index (κ3) is 2.55. The Morgan fingerprint density at radius 3 is 2.44 bits per heavy atom. The molecular formula is C14H20N2. The molecule has 0 spiro atoms. The molecule has 1 unspecified atom stereocenters. The molecule has 16 heavy (non-hydrogen) atoms.